The first-order chi connectivity index (χ1) is 8.11. The predicted octanol–water partition coefficient (Wildman–Crippen LogP) is 3.83. The molecule has 1 aliphatic carbocycles. The van der Waals surface area contributed by atoms with Gasteiger partial charge in [0.2, 0.25) is 0 Å². The number of halogens is 3. The third kappa shape index (κ3) is 2.44. The molecule has 1 aromatic carbocycles. The Hall–Kier alpha value is -1.50. The van der Waals surface area contributed by atoms with E-state index in [1.807, 2.05) is 0 Å². The van der Waals surface area contributed by atoms with Crippen molar-refractivity contribution in [1.82, 2.24) is 0 Å². The molecule has 0 spiro atoms. The number of hydrogen-bond acceptors (Lipinski definition) is 1. The van der Waals surface area contributed by atoms with Crippen LogP contribution in [0.5, 0.6) is 0 Å². The summed E-state index contributed by atoms with van der Waals surface area (Å²) in [5.74, 6) is -1.66. The van der Waals surface area contributed by atoms with Crippen molar-refractivity contribution in [2.75, 3.05) is 0 Å². The van der Waals surface area contributed by atoms with E-state index in [1.54, 1.807) is 0 Å². The fraction of sp³-hybridized carbons (Fsp3) is 0.462. The van der Waals surface area contributed by atoms with E-state index in [-0.39, 0.29) is 5.92 Å². The molecule has 0 N–H and O–H groups in total. The number of nitrogens with zero attached hydrogens (tertiary/aromatic N) is 1. The molecule has 1 aromatic rings. The quantitative estimate of drug-likeness (QED) is 0.730. The predicted molar refractivity (Wildman–Crippen MR) is 57.2 cm³/mol. The first kappa shape index (κ1) is 12.0. The van der Waals surface area contributed by atoms with Gasteiger partial charge in [-0.2, -0.15) is 5.26 Å². The lowest BCUT2D eigenvalue weighted by atomic mass is 9.83. The van der Waals surface area contributed by atoms with Gasteiger partial charge in [0.15, 0.2) is 0 Å². The Morgan fingerprint density at radius 3 is 2.06 bits per heavy atom. The monoisotopic (exact) mass is 239 g/mol. The lowest BCUT2D eigenvalue weighted by Crippen LogP contribution is -2.14. The van der Waals surface area contributed by atoms with Crippen molar-refractivity contribution >= 4 is 0 Å². The second-order valence-electron chi connectivity index (χ2n) is 4.42. The largest absolute Gasteiger partial charge is 0.247 e. The van der Waals surface area contributed by atoms with Crippen LogP contribution in [0, 0.1) is 23.0 Å². The highest BCUT2D eigenvalue weighted by Gasteiger charge is 2.23. The molecule has 90 valence electrons. The molecule has 0 aliphatic heterocycles. The molecule has 0 amide bonds. The summed E-state index contributed by atoms with van der Waals surface area (Å²) >= 11 is 0. The van der Waals surface area contributed by atoms with Crippen LogP contribution in [0.15, 0.2) is 12.1 Å². The zero-order valence-corrected chi connectivity index (χ0v) is 9.22. The molecule has 0 atom stereocenters. The minimum atomic E-state index is -0.829. The summed E-state index contributed by atoms with van der Waals surface area (Å²) in [6.45, 7) is 0. The van der Waals surface area contributed by atoms with E-state index >= 15 is 0 Å². The first-order valence-corrected chi connectivity index (χ1v) is 5.65. The molecular formula is C13H12F3N. The van der Waals surface area contributed by atoms with Gasteiger partial charge in [0.1, 0.15) is 29.4 Å². The normalized spacial score (nSPS) is 24.4. The second kappa shape index (κ2) is 4.79. The third-order valence-electron chi connectivity index (χ3n) is 3.30. The number of benzene rings is 1. The minimum Gasteiger partial charge on any atom is -0.247 e. The average molecular weight is 239 g/mol. The van der Waals surface area contributed by atoms with Gasteiger partial charge < -0.3 is 0 Å². The van der Waals surface area contributed by atoms with Crippen LogP contribution >= 0.6 is 0 Å². The molecule has 0 saturated heterocycles. The molecule has 0 bridgehead atoms. The van der Waals surface area contributed by atoms with Crippen molar-refractivity contribution < 1.29 is 13.2 Å². The molecule has 17 heavy (non-hydrogen) atoms. The Morgan fingerprint density at radius 2 is 1.59 bits per heavy atom. The Morgan fingerprint density at radius 1 is 1.06 bits per heavy atom. The molecule has 0 unspecified atom stereocenters. The van der Waals surface area contributed by atoms with Gasteiger partial charge in [-0.25, -0.2) is 13.2 Å². The van der Waals surface area contributed by atoms with Gasteiger partial charge in [0.25, 0.3) is 0 Å². The molecule has 4 heteroatoms. The lowest BCUT2D eigenvalue weighted by Gasteiger charge is -2.24. The molecule has 1 aliphatic rings. The fourth-order valence-corrected chi connectivity index (χ4v) is 2.32. The maximum Gasteiger partial charge on any atom is 0.144 e. The zero-order chi connectivity index (χ0) is 12.4. The Kier molecular flexibility index (Phi) is 3.37. The second-order valence-corrected chi connectivity index (χ2v) is 4.42. The molecule has 1 fully saturated rings. The van der Waals surface area contributed by atoms with E-state index in [9.17, 15) is 13.2 Å². The van der Waals surface area contributed by atoms with Gasteiger partial charge in [0.05, 0.1) is 0 Å². The topological polar surface area (TPSA) is 23.8 Å². The van der Waals surface area contributed by atoms with Crippen molar-refractivity contribution in [3.05, 3.63) is 34.9 Å². The van der Waals surface area contributed by atoms with E-state index in [1.165, 1.54) is 18.2 Å². The van der Waals surface area contributed by atoms with Crippen LogP contribution in [0.3, 0.4) is 0 Å². The van der Waals surface area contributed by atoms with Crippen molar-refractivity contribution in [3.8, 4) is 6.07 Å². The smallest absolute Gasteiger partial charge is 0.144 e. The van der Waals surface area contributed by atoms with E-state index in [0.29, 0.717) is 31.2 Å². The number of alkyl halides is 1. The molecule has 1 saturated carbocycles. The molecule has 1 nitrogen and oxygen atoms in total. The Balaban J connectivity index is 2.26. The highest BCUT2D eigenvalue weighted by atomic mass is 19.1. The van der Waals surface area contributed by atoms with Crippen LogP contribution in [-0.2, 0) is 0 Å². The van der Waals surface area contributed by atoms with Crippen molar-refractivity contribution in [3.63, 3.8) is 0 Å². The van der Waals surface area contributed by atoms with Crippen LogP contribution in [0.25, 0.3) is 0 Å². The summed E-state index contributed by atoms with van der Waals surface area (Å²) in [5.41, 5.74) is -0.0150. The first-order valence-electron chi connectivity index (χ1n) is 5.65. The van der Waals surface area contributed by atoms with E-state index in [2.05, 4.69) is 0 Å². The molecular weight excluding hydrogens is 227 g/mol. The van der Waals surface area contributed by atoms with Gasteiger partial charge in [-0.05, 0) is 49.3 Å². The van der Waals surface area contributed by atoms with E-state index in [4.69, 9.17) is 5.26 Å². The number of rotatable bonds is 1. The lowest BCUT2D eigenvalue weighted by molar-refractivity contribution is 0.235. The summed E-state index contributed by atoms with van der Waals surface area (Å²) in [4.78, 5) is 0. The summed E-state index contributed by atoms with van der Waals surface area (Å²) in [5, 5.41) is 8.56. The standard InChI is InChI=1S/C13H12F3N/c14-10-3-1-8(2-4-10)9-5-12(15)11(7-17)13(16)6-9/h5-6,8,10H,1-4H2. The summed E-state index contributed by atoms with van der Waals surface area (Å²) in [7, 11) is 0. The van der Waals surface area contributed by atoms with Crippen LogP contribution in [-0.4, -0.2) is 6.17 Å². The Labute approximate surface area is 97.9 Å². The molecule has 0 radical (unpaired) electrons. The number of hydrogen-bond donors (Lipinski definition) is 0. The number of nitriles is 1. The van der Waals surface area contributed by atoms with Crippen molar-refractivity contribution in [2.45, 2.75) is 37.8 Å². The molecule has 2 rings (SSSR count). The maximum absolute atomic E-state index is 13.4. The van der Waals surface area contributed by atoms with E-state index in [0.717, 1.165) is 0 Å². The average Bonchev–Trinajstić information content (AvgIpc) is 2.29. The minimum absolute atomic E-state index is 0.00116. The van der Waals surface area contributed by atoms with Crippen molar-refractivity contribution in [2.24, 2.45) is 0 Å². The van der Waals surface area contributed by atoms with Gasteiger partial charge in [0, 0.05) is 0 Å². The Bertz CT molecular complexity index is 433. The van der Waals surface area contributed by atoms with Crippen LogP contribution < -0.4 is 0 Å². The maximum atomic E-state index is 13.4. The zero-order valence-electron chi connectivity index (χ0n) is 9.22. The van der Waals surface area contributed by atoms with Crippen LogP contribution in [0.1, 0.15) is 42.7 Å². The van der Waals surface area contributed by atoms with Gasteiger partial charge in [-0.3, -0.25) is 0 Å². The third-order valence-corrected chi connectivity index (χ3v) is 3.30. The molecule has 0 heterocycles. The SMILES string of the molecule is N#Cc1c(F)cc(C2CCC(F)CC2)cc1F. The van der Waals surface area contributed by atoms with Crippen molar-refractivity contribution in [1.29, 1.82) is 5.26 Å². The summed E-state index contributed by atoms with van der Waals surface area (Å²) < 4.78 is 39.8. The van der Waals surface area contributed by atoms with Gasteiger partial charge >= 0.3 is 0 Å². The fourth-order valence-electron chi connectivity index (χ4n) is 2.32. The van der Waals surface area contributed by atoms with Gasteiger partial charge in [-0.1, -0.05) is 0 Å². The molecule has 0 aromatic heterocycles. The highest BCUT2D eigenvalue weighted by Crippen LogP contribution is 2.35. The van der Waals surface area contributed by atoms with Gasteiger partial charge in [-0.15, -0.1) is 0 Å². The summed E-state index contributed by atoms with van der Waals surface area (Å²) in [6.07, 6.45) is 1.29. The van der Waals surface area contributed by atoms with E-state index < -0.39 is 23.4 Å². The van der Waals surface area contributed by atoms with Crippen LogP contribution in [0.4, 0.5) is 13.2 Å². The highest BCUT2D eigenvalue weighted by molar-refractivity contribution is 5.36. The summed E-state index contributed by atoms with van der Waals surface area (Å²) in [6, 6.07) is 3.89. The van der Waals surface area contributed by atoms with Crippen LogP contribution in [0.2, 0.25) is 0 Å².